The summed E-state index contributed by atoms with van der Waals surface area (Å²) in [5, 5.41) is 10.7. The summed E-state index contributed by atoms with van der Waals surface area (Å²) in [6.07, 6.45) is 0.328. The van der Waals surface area contributed by atoms with Gasteiger partial charge in [0.25, 0.3) is 0 Å². The van der Waals surface area contributed by atoms with Gasteiger partial charge < -0.3 is 9.84 Å². The average Bonchev–Trinajstić information content (AvgIpc) is 2.75. The molecule has 1 N–H and O–H groups in total. The number of ketones is 1. The molecule has 1 heterocycles. The summed E-state index contributed by atoms with van der Waals surface area (Å²) in [4.78, 5) is 23.6. The van der Waals surface area contributed by atoms with Crippen LogP contribution in [0.3, 0.4) is 0 Å². The fourth-order valence-corrected chi connectivity index (χ4v) is 4.08. The molecule has 0 aromatic carbocycles. The SMILES string of the molecule is CC1=C2C(O)C3C(CC(C)C2CC1=O)OC(=O)C3C. The minimum atomic E-state index is -0.715. The van der Waals surface area contributed by atoms with Crippen LogP contribution < -0.4 is 0 Å². The van der Waals surface area contributed by atoms with Gasteiger partial charge in [-0.3, -0.25) is 9.59 Å². The highest BCUT2D eigenvalue weighted by molar-refractivity contribution is 5.99. The molecule has 0 amide bonds. The van der Waals surface area contributed by atoms with E-state index in [2.05, 4.69) is 6.92 Å². The van der Waals surface area contributed by atoms with Gasteiger partial charge in [0.05, 0.1) is 12.0 Å². The number of fused-ring (bicyclic) bond motifs is 2. The lowest BCUT2D eigenvalue weighted by atomic mass is 9.82. The van der Waals surface area contributed by atoms with Crippen LogP contribution in [0.4, 0.5) is 0 Å². The number of aliphatic hydroxyl groups is 1. The number of allylic oxidation sites excluding steroid dienone is 1. The Morgan fingerprint density at radius 2 is 1.95 bits per heavy atom. The Balaban J connectivity index is 2.05. The van der Waals surface area contributed by atoms with Crippen molar-refractivity contribution in [3.8, 4) is 0 Å². The molecule has 0 spiro atoms. The monoisotopic (exact) mass is 264 g/mol. The van der Waals surface area contributed by atoms with Crippen molar-refractivity contribution in [2.75, 3.05) is 0 Å². The third-order valence-electron chi connectivity index (χ3n) is 5.28. The third kappa shape index (κ3) is 1.69. The first kappa shape index (κ1) is 12.9. The number of hydrogen-bond donors (Lipinski definition) is 1. The zero-order valence-electron chi connectivity index (χ0n) is 11.6. The number of Topliss-reactive ketones (excluding diaryl/α,β-unsaturated/α-hetero) is 1. The summed E-state index contributed by atoms with van der Waals surface area (Å²) in [5.41, 5.74) is 1.58. The van der Waals surface area contributed by atoms with Gasteiger partial charge in [0.15, 0.2) is 5.78 Å². The van der Waals surface area contributed by atoms with Gasteiger partial charge in [-0.2, -0.15) is 0 Å². The molecule has 104 valence electrons. The molecular formula is C15H20O4. The number of carbonyl (C=O) groups excluding carboxylic acids is 2. The maximum absolute atomic E-state index is 11.9. The Hall–Kier alpha value is -1.16. The second-order valence-corrected chi connectivity index (χ2v) is 6.31. The molecule has 3 aliphatic rings. The zero-order chi connectivity index (χ0) is 13.9. The minimum absolute atomic E-state index is 0.124. The quantitative estimate of drug-likeness (QED) is 0.673. The molecule has 0 bridgehead atoms. The van der Waals surface area contributed by atoms with Gasteiger partial charge in [0.2, 0.25) is 0 Å². The van der Waals surface area contributed by atoms with Crippen LogP contribution >= 0.6 is 0 Å². The van der Waals surface area contributed by atoms with Crippen molar-refractivity contribution in [1.29, 1.82) is 0 Å². The van der Waals surface area contributed by atoms with Crippen LogP contribution in [-0.4, -0.2) is 29.1 Å². The van der Waals surface area contributed by atoms with Crippen LogP contribution in [0.5, 0.6) is 0 Å². The molecule has 4 heteroatoms. The Kier molecular flexibility index (Phi) is 2.82. The van der Waals surface area contributed by atoms with Crippen molar-refractivity contribution >= 4 is 11.8 Å². The number of aliphatic hydroxyl groups excluding tert-OH is 1. The van der Waals surface area contributed by atoms with E-state index in [1.54, 1.807) is 6.92 Å². The Labute approximate surface area is 112 Å². The van der Waals surface area contributed by atoms with E-state index < -0.39 is 6.10 Å². The molecule has 0 aromatic rings. The first-order valence-corrected chi connectivity index (χ1v) is 7.04. The predicted molar refractivity (Wildman–Crippen MR) is 68.1 cm³/mol. The first-order chi connectivity index (χ1) is 8.91. The molecule has 19 heavy (non-hydrogen) atoms. The molecule has 0 aromatic heterocycles. The molecule has 2 fully saturated rings. The van der Waals surface area contributed by atoms with Crippen LogP contribution in [0, 0.1) is 23.7 Å². The summed E-state index contributed by atoms with van der Waals surface area (Å²) in [6.45, 7) is 5.70. The summed E-state index contributed by atoms with van der Waals surface area (Å²) >= 11 is 0. The van der Waals surface area contributed by atoms with Crippen molar-refractivity contribution in [2.45, 2.75) is 45.8 Å². The highest BCUT2D eigenvalue weighted by Crippen LogP contribution is 2.48. The topological polar surface area (TPSA) is 63.6 Å². The van der Waals surface area contributed by atoms with Crippen LogP contribution in [0.15, 0.2) is 11.1 Å². The standard InChI is InChI=1S/C15H20O4/c1-6-4-11-13(8(3)15(18)19-11)14(17)12-7(2)10(16)5-9(6)12/h6,8-9,11,13-14,17H,4-5H2,1-3H3. The van der Waals surface area contributed by atoms with Crippen LogP contribution in [0.1, 0.15) is 33.6 Å². The fraction of sp³-hybridized carbons (Fsp3) is 0.733. The van der Waals surface area contributed by atoms with Gasteiger partial charge in [-0.15, -0.1) is 0 Å². The number of hydrogen-bond acceptors (Lipinski definition) is 4. The molecular weight excluding hydrogens is 244 g/mol. The largest absolute Gasteiger partial charge is 0.462 e. The van der Waals surface area contributed by atoms with E-state index in [0.717, 1.165) is 12.0 Å². The lowest BCUT2D eigenvalue weighted by molar-refractivity contribution is -0.144. The van der Waals surface area contributed by atoms with Gasteiger partial charge in [-0.1, -0.05) is 13.8 Å². The van der Waals surface area contributed by atoms with E-state index in [1.165, 1.54) is 0 Å². The van der Waals surface area contributed by atoms with Crippen molar-refractivity contribution in [1.82, 2.24) is 0 Å². The smallest absolute Gasteiger partial charge is 0.309 e. The van der Waals surface area contributed by atoms with Gasteiger partial charge in [0, 0.05) is 12.3 Å². The predicted octanol–water partition coefficient (Wildman–Crippen LogP) is 1.47. The fourth-order valence-electron chi connectivity index (χ4n) is 4.08. The normalized spacial score (nSPS) is 45.9. The Bertz CT molecular complexity index is 479. The second kappa shape index (κ2) is 4.17. The second-order valence-electron chi connectivity index (χ2n) is 6.31. The van der Waals surface area contributed by atoms with Gasteiger partial charge in [-0.25, -0.2) is 0 Å². The maximum atomic E-state index is 11.9. The Morgan fingerprint density at radius 1 is 1.26 bits per heavy atom. The van der Waals surface area contributed by atoms with E-state index in [4.69, 9.17) is 4.74 Å². The molecule has 6 atom stereocenters. The molecule has 6 unspecified atom stereocenters. The molecule has 1 aliphatic heterocycles. The summed E-state index contributed by atoms with van der Waals surface area (Å²) < 4.78 is 5.42. The van der Waals surface area contributed by atoms with Crippen molar-refractivity contribution < 1.29 is 19.4 Å². The highest BCUT2D eigenvalue weighted by Gasteiger charge is 2.53. The van der Waals surface area contributed by atoms with Crippen molar-refractivity contribution in [2.24, 2.45) is 23.7 Å². The Morgan fingerprint density at radius 3 is 2.63 bits per heavy atom. The molecule has 0 radical (unpaired) electrons. The van der Waals surface area contributed by atoms with Gasteiger partial charge >= 0.3 is 5.97 Å². The van der Waals surface area contributed by atoms with Crippen LogP contribution in [-0.2, 0) is 14.3 Å². The number of ether oxygens (including phenoxy) is 1. The van der Waals surface area contributed by atoms with E-state index in [-0.39, 0.29) is 41.5 Å². The zero-order valence-corrected chi connectivity index (χ0v) is 11.6. The van der Waals surface area contributed by atoms with Crippen LogP contribution in [0.2, 0.25) is 0 Å². The van der Waals surface area contributed by atoms with E-state index in [1.807, 2.05) is 6.92 Å². The summed E-state index contributed by atoms with van der Waals surface area (Å²) in [5.74, 6) is -0.180. The highest BCUT2D eigenvalue weighted by atomic mass is 16.6. The summed E-state index contributed by atoms with van der Waals surface area (Å²) in [6, 6.07) is 0. The summed E-state index contributed by atoms with van der Waals surface area (Å²) in [7, 11) is 0. The third-order valence-corrected chi connectivity index (χ3v) is 5.28. The maximum Gasteiger partial charge on any atom is 0.309 e. The lowest BCUT2D eigenvalue weighted by Gasteiger charge is -2.24. The number of carbonyl (C=O) groups is 2. The number of esters is 1. The first-order valence-electron chi connectivity index (χ1n) is 7.04. The van der Waals surface area contributed by atoms with Crippen molar-refractivity contribution in [3.63, 3.8) is 0 Å². The minimum Gasteiger partial charge on any atom is -0.462 e. The van der Waals surface area contributed by atoms with E-state index in [0.29, 0.717) is 12.0 Å². The molecule has 1 saturated heterocycles. The van der Waals surface area contributed by atoms with Crippen LogP contribution in [0.25, 0.3) is 0 Å². The molecule has 4 nitrogen and oxygen atoms in total. The average molecular weight is 264 g/mol. The lowest BCUT2D eigenvalue weighted by Crippen LogP contribution is -2.32. The molecule has 2 aliphatic carbocycles. The van der Waals surface area contributed by atoms with Gasteiger partial charge in [0.1, 0.15) is 6.10 Å². The van der Waals surface area contributed by atoms with Gasteiger partial charge in [-0.05, 0) is 36.3 Å². The number of rotatable bonds is 0. The van der Waals surface area contributed by atoms with Crippen molar-refractivity contribution in [3.05, 3.63) is 11.1 Å². The van der Waals surface area contributed by atoms with E-state index in [9.17, 15) is 14.7 Å². The molecule has 3 rings (SSSR count). The van der Waals surface area contributed by atoms with E-state index >= 15 is 0 Å². The molecule has 1 saturated carbocycles.